The summed E-state index contributed by atoms with van der Waals surface area (Å²) >= 11 is 0. The van der Waals surface area contributed by atoms with Crippen molar-refractivity contribution in [2.75, 3.05) is 11.9 Å². The molecule has 0 radical (unpaired) electrons. The molecular formula is C16H23NO. The van der Waals surface area contributed by atoms with Gasteiger partial charge in [-0.1, -0.05) is 20.8 Å². The van der Waals surface area contributed by atoms with Crippen molar-refractivity contribution in [3.8, 4) is 5.75 Å². The third-order valence-electron chi connectivity index (χ3n) is 4.38. The van der Waals surface area contributed by atoms with Crippen molar-refractivity contribution in [1.29, 1.82) is 0 Å². The van der Waals surface area contributed by atoms with Gasteiger partial charge in [0.25, 0.3) is 0 Å². The minimum atomic E-state index is 0.483. The van der Waals surface area contributed by atoms with Crippen molar-refractivity contribution in [3.63, 3.8) is 0 Å². The number of hydrogen-bond acceptors (Lipinski definition) is 2. The fourth-order valence-electron chi connectivity index (χ4n) is 3.58. The Balaban J connectivity index is 1.73. The average Bonchev–Trinajstić information content (AvgIpc) is 2.83. The maximum absolute atomic E-state index is 5.55. The minimum absolute atomic E-state index is 0.483. The highest BCUT2D eigenvalue weighted by atomic mass is 16.5. The molecule has 1 aliphatic heterocycles. The Morgan fingerprint density at radius 1 is 1.28 bits per heavy atom. The van der Waals surface area contributed by atoms with Crippen LogP contribution in [0.3, 0.4) is 0 Å². The van der Waals surface area contributed by atoms with Gasteiger partial charge in [-0.2, -0.15) is 0 Å². The van der Waals surface area contributed by atoms with Crippen molar-refractivity contribution in [2.24, 2.45) is 11.3 Å². The molecule has 0 aromatic heterocycles. The molecule has 2 aliphatic rings. The van der Waals surface area contributed by atoms with Gasteiger partial charge in [0, 0.05) is 18.2 Å². The molecule has 0 spiro atoms. The molecule has 1 aromatic carbocycles. The van der Waals surface area contributed by atoms with E-state index in [1.54, 1.807) is 0 Å². The number of fused-ring (bicyclic) bond motifs is 1. The SMILES string of the molecule is CC1CC(C)(C)CC1Nc1ccc2c(c1)CCO2. The average molecular weight is 245 g/mol. The van der Waals surface area contributed by atoms with Gasteiger partial charge in [0.1, 0.15) is 5.75 Å². The van der Waals surface area contributed by atoms with E-state index in [4.69, 9.17) is 4.74 Å². The topological polar surface area (TPSA) is 21.3 Å². The molecule has 18 heavy (non-hydrogen) atoms. The molecule has 0 bridgehead atoms. The van der Waals surface area contributed by atoms with E-state index in [9.17, 15) is 0 Å². The third-order valence-corrected chi connectivity index (χ3v) is 4.38. The number of hydrogen-bond donors (Lipinski definition) is 1. The van der Waals surface area contributed by atoms with Crippen LogP contribution >= 0.6 is 0 Å². The molecule has 2 unspecified atom stereocenters. The molecule has 1 N–H and O–H groups in total. The van der Waals surface area contributed by atoms with E-state index in [2.05, 4.69) is 44.3 Å². The van der Waals surface area contributed by atoms with Crippen molar-refractivity contribution >= 4 is 5.69 Å². The number of ether oxygens (including phenoxy) is 1. The summed E-state index contributed by atoms with van der Waals surface area (Å²) in [4.78, 5) is 0. The molecule has 1 heterocycles. The maximum Gasteiger partial charge on any atom is 0.122 e. The van der Waals surface area contributed by atoms with Crippen LogP contribution in [0, 0.1) is 11.3 Å². The van der Waals surface area contributed by atoms with Crippen LogP contribution in [0.1, 0.15) is 39.2 Å². The second-order valence-electron chi connectivity index (χ2n) is 6.72. The fraction of sp³-hybridized carbons (Fsp3) is 0.625. The quantitative estimate of drug-likeness (QED) is 0.854. The molecular weight excluding hydrogens is 222 g/mol. The van der Waals surface area contributed by atoms with E-state index in [0.29, 0.717) is 11.5 Å². The van der Waals surface area contributed by atoms with Gasteiger partial charge in [0.15, 0.2) is 0 Å². The van der Waals surface area contributed by atoms with Crippen molar-refractivity contribution < 1.29 is 4.74 Å². The fourth-order valence-corrected chi connectivity index (χ4v) is 3.58. The molecule has 1 aliphatic carbocycles. The lowest BCUT2D eigenvalue weighted by Crippen LogP contribution is -2.22. The predicted octanol–water partition coefficient (Wildman–Crippen LogP) is 3.86. The summed E-state index contributed by atoms with van der Waals surface area (Å²) in [6, 6.07) is 7.14. The first-order chi connectivity index (χ1) is 8.53. The zero-order chi connectivity index (χ0) is 12.8. The summed E-state index contributed by atoms with van der Waals surface area (Å²) in [5.41, 5.74) is 3.09. The lowest BCUT2D eigenvalue weighted by atomic mass is 9.91. The van der Waals surface area contributed by atoms with Gasteiger partial charge in [-0.15, -0.1) is 0 Å². The van der Waals surface area contributed by atoms with Crippen LogP contribution in [0.25, 0.3) is 0 Å². The molecule has 0 saturated heterocycles. The summed E-state index contributed by atoms with van der Waals surface area (Å²) in [7, 11) is 0. The van der Waals surface area contributed by atoms with Gasteiger partial charge in [0.05, 0.1) is 6.61 Å². The number of rotatable bonds is 2. The number of nitrogens with one attached hydrogen (secondary N) is 1. The normalized spacial score (nSPS) is 28.8. The summed E-state index contributed by atoms with van der Waals surface area (Å²) < 4.78 is 5.55. The molecule has 1 aromatic rings. The zero-order valence-corrected chi connectivity index (χ0v) is 11.6. The summed E-state index contributed by atoms with van der Waals surface area (Å²) in [6.07, 6.45) is 3.64. The van der Waals surface area contributed by atoms with Crippen LogP contribution < -0.4 is 10.1 Å². The lowest BCUT2D eigenvalue weighted by Gasteiger charge is -2.20. The smallest absolute Gasteiger partial charge is 0.122 e. The van der Waals surface area contributed by atoms with Gasteiger partial charge in [-0.05, 0) is 47.9 Å². The zero-order valence-electron chi connectivity index (χ0n) is 11.6. The van der Waals surface area contributed by atoms with Crippen LogP contribution in [0.4, 0.5) is 5.69 Å². The van der Waals surface area contributed by atoms with Gasteiger partial charge < -0.3 is 10.1 Å². The van der Waals surface area contributed by atoms with Gasteiger partial charge in [-0.3, -0.25) is 0 Å². The maximum atomic E-state index is 5.55. The molecule has 0 amide bonds. The highest BCUT2D eigenvalue weighted by Gasteiger charge is 2.36. The second-order valence-corrected chi connectivity index (χ2v) is 6.72. The Morgan fingerprint density at radius 2 is 2.11 bits per heavy atom. The summed E-state index contributed by atoms with van der Waals surface area (Å²) in [5.74, 6) is 1.82. The Labute approximate surface area is 110 Å². The van der Waals surface area contributed by atoms with Crippen molar-refractivity contribution in [3.05, 3.63) is 23.8 Å². The van der Waals surface area contributed by atoms with Gasteiger partial charge in [-0.25, -0.2) is 0 Å². The summed E-state index contributed by atoms with van der Waals surface area (Å²) in [6.45, 7) is 7.96. The first-order valence-electron chi connectivity index (χ1n) is 7.06. The highest BCUT2D eigenvalue weighted by Crippen LogP contribution is 2.42. The molecule has 2 heteroatoms. The molecule has 1 fully saturated rings. The van der Waals surface area contributed by atoms with E-state index in [0.717, 1.165) is 24.7 Å². The van der Waals surface area contributed by atoms with Gasteiger partial charge >= 0.3 is 0 Å². The van der Waals surface area contributed by atoms with Crippen LogP contribution in [-0.2, 0) is 6.42 Å². The van der Waals surface area contributed by atoms with Crippen molar-refractivity contribution in [2.45, 2.75) is 46.1 Å². The number of anilines is 1. The molecule has 2 atom stereocenters. The Bertz CT molecular complexity index is 452. The van der Waals surface area contributed by atoms with Crippen LogP contribution in [0.2, 0.25) is 0 Å². The van der Waals surface area contributed by atoms with E-state index in [1.807, 2.05) is 0 Å². The number of benzene rings is 1. The molecule has 1 saturated carbocycles. The molecule has 3 rings (SSSR count). The van der Waals surface area contributed by atoms with Crippen LogP contribution in [0.5, 0.6) is 5.75 Å². The highest BCUT2D eigenvalue weighted by molar-refractivity contribution is 5.53. The van der Waals surface area contributed by atoms with Crippen LogP contribution in [-0.4, -0.2) is 12.6 Å². The second kappa shape index (κ2) is 4.18. The van der Waals surface area contributed by atoms with Crippen molar-refractivity contribution in [1.82, 2.24) is 0 Å². The largest absolute Gasteiger partial charge is 0.493 e. The van der Waals surface area contributed by atoms with Crippen LogP contribution in [0.15, 0.2) is 18.2 Å². The molecule has 2 nitrogen and oxygen atoms in total. The standard InChI is InChI=1S/C16H23NO/c1-11-9-16(2,3)10-14(11)17-13-4-5-15-12(8-13)6-7-18-15/h4-5,8,11,14,17H,6-7,9-10H2,1-3H3. The Morgan fingerprint density at radius 3 is 2.83 bits per heavy atom. The first kappa shape index (κ1) is 11.9. The molecule has 98 valence electrons. The van der Waals surface area contributed by atoms with E-state index in [-0.39, 0.29) is 0 Å². The third kappa shape index (κ3) is 2.21. The first-order valence-corrected chi connectivity index (χ1v) is 7.06. The lowest BCUT2D eigenvalue weighted by molar-refractivity contribution is 0.357. The summed E-state index contributed by atoms with van der Waals surface area (Å²) in [5, 5.41) is 3.72. The predicted molar refractivity (Wildman–Crippen MR) is 75.2 cm³/mol. The monoisotopic (exact) mass is 245 g/mol. The van der Waals surface area contributed by atoms with E-state index >= 15 is 0 Å². The van der Waals surface area contributed by atoms with E-state index < -0.39 is 0 Å². The minimum Gasteiger partial charge on any atom is -0.493 e. The van der Waals surface area contributed by atoms with E-state index in [1.165, 1.54) is 24.1 Å². The Kier molecular flexibility index (Phi) is 2.76. The van der Waals surface area contributed by atoms with Gasteiger partial charge in [0.2, 0.25) is 0 Å². The Hall–Kier alpha value is -1.18.